The Morgan fingerprint density at radius 2 is 0.788 bits per heavy atom. The van der Waals surface area contributed by atoms with Crippen LogP contribution in [-0.2, 0) is 0 Å². The molecule has 0 atom stereocenters. The van der Waals surface area contributed by atoms with Gasteiger partial charge in [-0.2, -0.15) is 0 Å². The van der Waals surface area contributed by atoms with E-state index in [1.165, 1.54) is 165 Å². The summed E-state index contributed by atoms with van der Waals surface area (Å²) in [4.78, 5) is 0. The number of hydrogen-bond donors (Lipinski definition) is 0. The molecule has 14 aromatic rings. The Hall–Kier alpha value is -8.60. The zero-order chi connectivity index (χ0) is 42.3. The summed E-state index contributed by atoms with van der Waals surface area (Å²) in [6, 6.07) is 74.4. The molecule has 0 saturated heterocycles. The lowest BCUT2D eigenvalue weighted by molar-refractivity contribution is 1.10. The van der Waals surface area contributed by atoms with E-state index >= 15 is 0 Å². The summed E-state index contributed by atoms with van der Waals surface area (Å²) in [5, 5.41) is 13.3. The molecule has 2 aliphatic carbocycles. The molecule has 0 spiro atoms. The maximum atomic E-state index is 2.68. The Morgan fingerprint density at radius 3 is 1.45 bits per heavy atom. The van der Waals surface area contributed by atoms with Crippen molar-refractivity contribution in [2.45, 2.75) is 0 Å². The third kappa shape index (κ3) is 3.53. The number of benzene rings is 11. The van der Waals surface area contributed by atoms with Crippen LogP contribution in [0.1, 0.15) is 0 Å². The molecule has 3 nitrogen and oxygen atoms in total. The number of hydrogen-bond acceptors (Lipinski definition) is 0. The van der Waals surface area contributed by atoms with E-state index in [2.05, 4.69) is 208 Å². The Labute approximate surface area is 377 Å². The van der Waals surface area contributed by atoms with Crippen molar-refractivity contribution in [1.82, 2.24) is 13.7 Å². The first-order valence-corrected chi connectivity index (χ1v) is 23.2. The molecule has 0 N–H and O–H groups in total. The summed E-state index contributed by atoms with van der Waals surface area (Å²) in [6.45, 7) is -0.00348. The van der Waals surface area contributed by atoms with Gasteiger partial charge in [0.05, 0.1) is 38.8 Å². The van der Waals surface area contributed by atoms with Crippen molar-refractivity contribution in [1.29, 1.82) is 0 Å². The minimum Gasteiger partial charge on any atom is -0.310 e. The van der Waals surface area contributed by atoms with Gasteiger partial charge in [-0.05, 0) is 119 Å². The summed E-state index contributed by atoms with van der Waals surface area (Å²) < 4.78 is 7.88. The maximum Gasteiger partial charge on any atom is 0.252 e. The van der Waals surface area contributed by atoms with Crippen molar-refractivity contribution in [3.8, 4) is 61.6 Å². The van der Waals surface area contributed by atoms with E-state index in [-0.39, 0.29) is 6.71 Å². The molecule has 0 amide bonds. The van der Waals surface area contributed by atoms with E-state index in [0.717, 1.165) is 0 Å². The highest BCUT2D eigenvalue weighted by atomic mass is 15.1. The first kappa shape index (κ1) is 33.0. The minimum atomic E-state index is -0.00348. The fourth-order valence-electron chi connectivity index (χ4n) is 13.9. The summed E-state index contributed by atoms with van der Waals surface area (Å²) in [6.07, 6.45) is 0. The van der Waals surface area contributed by atoms with Crippen LogP contribution >= 0.6 is 0 Å². The maximum absolute atomic E-state index is 2.68. The fourth-order valence-corrected chi connectivity index (χ4v) is 13.9. The SMILES string of the molecule is c1ccc2c(c1)-c1cccc3ccc4c(c13)c1c-2ccc2c1n4-c1cc(-n3c4ccccc4c4ccccc43)cc3c1B2c1cc2cccc4c2c2c5c(cccc5n-3c12)-c1ccccc1-4. The third-order valence-electron chi connectivity index (χ3n) is 16.2. The Morgan fingerprint density at radius 1 is 0.288 bits per heavy atom. The van der Waals surface area contributed by atoms with Gasteiger partial charge in [-0.15, -0.1) is 0 Å². The molecule has 4 heteroatoms. The van der Waals surface area contributed by atoms with E-state index in [4.69, 9.17) is 0 Å². The minimum absolute atomic E-state index is 0.00348. The smallest absolute Gasteiger partial charge is 0.252 e. The molecule has 3 aromatic heterocycles. The van der Waals surface area contributed by atoms with Gasteiger partial charge >= 0.3 is 0 Å². The van der Waals surface area contributed by atoms with Crippen LogP contribution in [0.3, 0.4) is 0 Å². The van der Waals surface area contributed by atoms with E-state index < -0.39 is 0 Å². The van der Waals surface area contributed by atoms with Gasteiger partial charge < -0.3 is 13.7 Å². The van der Waals surface area contributed by atoms with Gasteiger partial charge in [0, 0.05) is 43.7 Å². The summed E-state index contributed by atoms with van der Waals surface area (Å²) in [5.74, 6) is 0. The first-order chi connectivity index (χ1) is 32.8. The van der Waals surface area contributed by atoms with Gasteiger partial charge in [0.1, 0.15) is 0 Å². The second-order valence-electron chi connectivity index (χ2n) is 19.0. The van der Waals surface area contributed by atoms with Crippen molar-refractivity contribution in [3.05, 3.63) is 194 Å². The highest BCUT2D eigenvalue weighted by Crippen LogP contribution is 2.53. The summed E-state index contributed by atoms with van der Waals surface area (Å²) in [7, 11) is 0. The fraction of sp³-hybridized carbons (Fsp3) is 0. The van der Waals surface area contributed by atoms with Gasteiger partial charge in [-0.25, -0.2) is 0 Å². The molecule has 2 aliphatic heterocycles. The number of para-hydroxylation sites is 2. The predicted molar refractivity (Wildman–Crippen MR) is 278 cm³/mol. The van der Waals surface area contributed by atoms with Crippen molar-refractivity contribution in [3.63, 3.8) is 0 Å². The van der Waals surface area contributed by atoms with Crippen molar-refractivity contribution < 1.29 is 0 Å². The molecule has 0 radical (unpaired) electrons. The van der Waals surface area contributed by atoms with E-state index in [1.54, 1.807) is 0 Å². The van der Waals surface area contributed by atoms with Crippen LogP contribution in [0.15, 0.2) is 194 Å². The highest BCUT2D eigenvalue weighted by molar-refractivity contribution is 7.00. The summed E-state index contributed by atoms with van der Waals surface area (Å²) in [5.41, 5.74) is 25.9. The van der Waals surface area contributed by atoms with Gasteiger partial charge in [-0.3, -0.25) is 0 Å². The molecule has 5 heterocycles. The molecular formula is C62H32BN3. The van der Waals surface area contributed by atoms with Crippen LogP contribution in [0.25, 0.3) is 149 Å². The largest absolute Gasteiger partial charge is 0.310 e. The number of rotatable bonds is 1. The van der Waals surface area contributed by atoms with Crippen LogP contribution in [0.2, 0.25) is 0 Å². The average molecular weight is 830 g/mol. The highest BCUT2D eigenvalue weighted by Gasteiger charge is 2.43. The topological polar surface area (TPSA) is 14.8 Å². The van der Waals surface area contributed by atoms with Crippen LogP contribution in [0.5, 0.6) is 0 Å². The third-order valence-corrected chi connectivity index (χ3v) is 16.2. The van der Waals surface area contributed by atoms with E-state index in [9.17, 15) is 0 Å². The molecule has 66 heavy (non-hydrogen) atoms. The van der Waals surface area contributed by atoms with Gasteiger partial charge in [0.2, 0.25) is 0 Å². The van der Waals surface area contributed by atoms with Crippen molar-refractivity contribution in [2.75, 3.05) is 0 Å². The Kier molecular flexibility index (Phi) is 5.50. The van der Waals surface area contributed by atoms with Gasteiger partial charge in [-0.1, -0.05) is 158 Å². The van der Waals surface area contributed by atoms with Crippen molar-refractivity contribution in [2.24, 2.45) is 0 Å². The van der Waals surface area contributed by atoms with Crippen LogP contribution < -0.4 is 16.4 Å². The molecule has 0 bridgehead atoms. The standard InChI is InChI=1S/C62H32BN3/c1-3-16-38-36(14-1)43-21-10-13-34-30-47-62-59(55(34)43)56-44(38)22-11-25-50(56)65(62)52-31-35(64-48-23-7-5-18-40(48)41-19-6-8-24-49(41)64)32-53-60(52)63(47)46-28-27-45-39-17-4-2-15-37(39)42-20-9-12-33-26-29-51-58(54(33)42)57(45)61(46)66(51)53/h1-32H. The molecule has 11 aromatic carbocycles. The molecule has 18 rings (SSSR count). The molecule has 0 saturated carbocycles. The zero-order valence-electron chi connectivity index (χ0n) is 35.4. The van der Waals surface area contributed by atoms with Crippen LogP contribution in [0.4, 0.5) is 0 Å². The zero-order valence-corrected chi connectivity index (χ0v) is 35.4. The molecular weight excluding hydrogens is 798 g/mol. The average Bonchev–Trinajstić information content (AvgIpc) is 3.97. The summed E-state index contributed by atoms with van der Waals surface area (Å²) >= 11 is 0. The van der Waals surface area contributed by atoms with Gasteiger partial charge in [0.25, 0.3) is 6.71 Å². The Balaban J connectivity index is 1.10. The number of fused-ring (bicyclic) bond motifs is 15. The van der Waals surface area contributed by atoms with Gasteiger partial charge in [0.15, 0.2) is 0 Å². The second-order valence-corrected chi connectivity index (χ2v) is 19.0. The molecule has 4 aliphatic rings. The quantitative estimate of drug-likeness (QED) is 0.146. The lowest BCUT2D eigenvalue weighted by Crippen LogP contribution is -2.59. The van der Waals surface area contributed by atoms with E-state index in [0.29, 0.717) is 0 Å². The molecule has 0 fully saturated rings. The lowest BCUT2D eigenvalue weighted by atomic mass is 9.34. The monoisotopic (exact) mass is 829 g/mol. The second kappa shape index (κ2) is 11.0. The normalized spacial score (nSPS) is 13.4. The van der Waals surface area contributed by atoms with Crippen LogP contribution in [-0.4, -0.2) is 20.4 Å². The Bertz CT molecular complexity index is 4660. The molecule has 0 unspecified atom stereocenters. The van der Waals surface area contributed by atoms with Crippen LogP contribution in [0, 0.1) is 0 Å². The van der Waals surface area contributed by atoms with Crippen molar-refractivity contribution >= 4 is 110 Å². The molecule has 298 valence electrons. The first-order valence-electron chi connectivity index (χ1n) is 23.2. The lowest BCUT2D eigenvalue weighted by Gasteiger charge is -2.35. The predicted octanol–water partition coefficient (Wildman–Crippen LogP) is 13.7. The number of nitrogens with zero attached hydrogens (tertiary/aromatic N) is 3. The number of aromatic nitrogens is 3. The van der Waals surface area contributed by atoms with E-state index in [1.807, 2.05) is 0 Å².